The van der Waals surface area contributed by atoms with Gasteiger partial charge in [0.25, 0.3) is 5.91 Å². The Kier molecular flexibility index (Phi) is 5.39. The zero-order chi connectivity index (χ0) is 24.2. The molecule has 0 aromatic carbocycles. The summed E-state index contributed by atoms with van der Waals surface area (Å²) in [7, 11) is -2.49. The number of aliphatic imine (C=N–C) groups is 2. The molecule has 5 atom stereocenters. The van der Waals surface area contributed by atoms with E-state index in [-0.39, 0.29) is 11.5 Å². The predicted molar refractivity (Wildman–Crippen MR) is 127 cm³/mol. The summed E-state index contributed by atoms with van der Waals surface area (Å²) in [6, 6.07) is 3.55. The quantitative estimate of drug-likeness (QED) is 0.494. The molecule has 11 heteroatoms. The number of aromatic nitrogens is 1. The van der Waals surface area contributed by atoms with Crippen molar-refractivity contribution in [1.29, 1.82) is 5.26 Å². The lowest BCUT2D eigenvalue weighted by atomic mass is 9.78. The molecule has 3 aliphatic rings. The van der Waals surface area contributed by atoms with E-state index in [2.05, 4.69) is 25.0 Å². The molecule has 1 aromatic rings. The molecule has 1 amide bonds. The fourth-order valence-corrected chi connectivity index (χ4v) is 8.11. The lowest BCUT2D eigenvalue weighted by Crippen LogP contribution is -2.65. The van der Waals surface area contributed by atoms with E-state index in [1.54, 1.807) is 19.9 Å². The first-order valence-electron chi connectivity index (χ1n) is 10.6. The molecular weight excluding hydrogens is 445 g/mol. The average Bonchev–Trinajstić information content (AvgIpc) is 3.18. The van der Waals surface area contributed by atoms with Crippen LogP contribution in [0.25, 0.3) is 0 Å². The standard InChI is InChI=1S/C22H28FN7O2S/c1-13-9-14(10-24)11-26-17(13)18(31)29-16-5-7-22(23,12-27-16)21(4)15-6-8-28-33(15,32)20(2,3)19(25)30-21/h5,7,9,11-12,15-16,28,32H,6,8H2,1-4H3,(H2,25,30)(H,29,31)/t15-,16?,21-,22?/m0/s1. The molecule has 1 saturated heterocycles. The first-order valence-corrected chi connectivity index (χ1v) is 12.3. The van der Waals surface area contributed by atoms with Crippen molar-refractivity contribution in [2.45, 2.75) is 61.5 Å². The number of nitrogens with two attached hydrogens (primary N) is 1. The van der Waals surface area contributed by atoms with Crippen LogP contribution < -0.4 is 15.8 Å². The molecule has 33 heavy (non-hydrogen) atoms. The van der Waals surface area contributed by atoms with Gasteiger partial charge in [-0.3, -0.25) is 19.5 Å². The summed E-state index contributed by atoms with van der Waals surface area (Å²) in [5.41, 5.74) is 3.85. The topological polar surface area (TPSA) is 149 Å². The van der Waals surface area contributed by atoms with E-state index in [1.165, 1.54) is 18.3 Å². The number of rotatable bonds is 3. The SMILES string of the molecule is Cc1cc(C#N)cnc1C(=O)NC1C=CC(F)([C@@]2(C)N=C(N)C(C)(C)S3(O)NCC[C@@H]23)C=N1. The van der Waals surface area contributed by atoms with E-state index in [0.717, 1.165) is 6.21 Å². The molecule has 0 aliphatic carbocycles. The molecular formula is C22H28FN7O2S. The summed E-state index contributed by atoms with van der Waals surface area (Å²) in [5.74, 6) is -0.286. The van der Waals surface area contributed by atoms with Gasteiger partial charge in [0, 0.05) is 19.0 Å². The Hall–Kier alpha value is -2.81. The molecule has 9 nitrogen and oxygen atoms in total. The smallest absolute Gasteiger partial charge is 0.272 e. The molecule has 3 unspecified atom stereocenters. The van der Waals surface area contributed by atoms with Gasteiger partial charge < -0.3 is 15.6 Å². The summed E-state index contributed by atoms with van der Waals surface area (Å²) in [4.78, 5) is 25.5. The predicted octanol–water partition coefficient (Wildman–Crippen LogP) is 2.13. The van der Waals surface area contributed by atoms with Crippen molar-refractivity contribution in [2.75, 3.05) is 6.54 Å². The molecule has 0 bridgehead atoms. The Bertz CT molecular complexity index is 1130. The molecule has 0 radical (unpaired) electrons. The number of dihydropyridines is 1. The van der Waals surface area contributed by atoms with Crippen LogP contribution in [-0.4, -0.2) is 61.4 Å². The second-order valence-corrected chi connectivity index (χ2v) is 12.4. The lowest BCUT2D eigenvalue weighted by molar-refractivity contribution is 0.0938. The van der Waals surface area contributed by atoms with Crippen molar-refractivity contribution in [3.05, 3.63) is 41.2 Å². The van der Waals surface area contributed by atoms with Crippen LogP contribution in [0.3, 0.4) is 0 Å². The van der Waals surface area contributed by atoms with Crippen LogP contribution in [0.2, 0.25) is 0 Å². The number of carbonyl (C=O) groups excluding carboxylic acids is 1. The number of pyridine rings is 1. The highest BCUT2D eigenvalue weighted by molar-refractivity contribution is 8.29. The number of fused-ring (bicyclic) bond motifs is 1. The van der Waals surface area contributed by atoms with E-state index in [0.29, 0.717) is 24.1 Å². The maximum absolute atomic E-state index is 16.4. The normalized spacial score (nSPS) is 38.5. The third-order valence-electron chi connectivity index (χ3n) is 6.94. The molecule has 176 valence electrons. The van der Waals surface area contributed by atoms with Crippen LogP contribution in [0, 0.1) is 18.3 Å². The monoisotopic (exact) mass is 473 g/mol. The molecule has 0 saturated carbocycles. The van der Waals surface area contributed by atoms with E-state index in [9.17, 15) is 9.35 Å². The summed E-state index contributed by atoms with van der Waals surface area (Å²) < 4.78 is 30.3. The third kappa shape index (κ3) is 3.36. The first-order chi connectivity index (χ1) is 15.4. The Balaban J connectivity index is 1.58. The van der Waals surface area contributed by atoms with Crippen molar-refractivity contribution >= 4 is 28.5 Å². The molecule has 1 fully saturated rings. The minimum Gasteiger partial charge on any atom is -0.386 e. The van der Waals surface area contributed by atoms with Crippen LogP contribution in [0.4, 0.5) is 4.39 Å². The van der Waals surface area contributed by atoms with Gasteiger partial charge in [0.05, 0.1) is 15.6 Å². The van der Waals surface area contributed by atoms with Gasteiger partial charge in [0.2, 0.25) is 0 Å². The van der Waals surface area contributed by atoms with Crippen molar-refractivity contribution < 1.29 is 13.7 Å². The van der Waals surface area contributed by atoms with Gasteiger partial charge in [-0.15, -0.1) is 0 Å². The average molecular weight is 474 g/mol. The van der Waals surface area contributed by atoms with Crippen molar-refractivity contribution in [1.82, 2.24) is 15.0 Å². The third-order valence-corrected chi connectivity index (χ3v) is 10.9. The van der Waals surface area contributed by atoms with Gasteiger partial charge in [0.1, 0.15) is 29.3 Å². The summed E-state index contributed by atoms with van der Waals surface area (Å²) >= 11 is 0. The van der Waals surface area contributed by atoms with Crippen molar-refractivity contribution in [3.63, 3.8) is 0 Å². The number of carbonyl (C=O) groups is 1. The molecule has 4 heterocycles. The number of amidine groups is 1. The van der Waals surface area contributed by atoms with Gasteiger partial charge in [-0.1, -0.05) is 10.5 Å². The van der Waals surface area contributed by atoms with Gasteiger partial charge in [0.15, 0.2) is 5.67 Å². The minimum atomic E-state index is -2.49. The van der Waals surface area contributed by atoms with Crippen LogP contribution in [0.5, 0.6) is 0 Å². The highest BCUT2D eigenvalue weighted by Gasteiger charge is 2.66. The maximum Gasteiger partial charge on any atom is 0.272 e. The van der Waals surface area contributed by atoms with Crippen molar-refractivity contribution in [2.24, 2.45) is 15.7 Å². The number of nitrogens with one attached hydrogen (secondary N) is 2. The van der Waals surface area contributed by atoms with E-state index in [1.807, 2.05) is 19.9 Å². The lowest BCUT2D eigenvalue weighted by Gasteiger charge is -2.58. The summed E-state index contributed by atoms with van der Waals surface area (Å²) in [6.45, 7) is 7.54. The molecule has 1 aromatic heterocycles. The molecule has 3 aliphatic heterocycles. The Labute approximate surface area is 193 Å². The van der Waals surface area contributed by atoms with E-state index in [4.69, 9.17) is 11.0 Å². The zero-order valence-corrected chi connectivity index (χ0v) is 19.8. The van der Waals surface area contributed by atoms with E-state index < -0.39 is 43.8 Å². The van der Waals surface area contributed by atoms with Gasteiger partial charge in [-0.05, 0) is 57.9 Å². The van der Waals surface area contributed by atoms with E-state index >= 15 is 4.39 Å². The Morgan fingerprint density at radius 1 is 1.45 bits per heavy atom. The fourth-order valence-electron chi connectivity index (χ4n) is 4.69. The largest absolute Gasteiger partial charge is 0.386 e. The number of aryl methyl sites for hydroxylation is 1. The number of nitriles is 1. The van der Waals surface area contributed by atoms with Crippen LogP contribution in [0.1, 0.15) is 48.8 Å². The minimum absolute atomic E-state index is 0.166. The summed E-state index contributed by atoms with van der Waals surface area (Å²) in [6.07, 6.45) is 5.02. The van der Waals surface area contributed by atoms with Crippen LogP contribution in [-0.2, 0) is 0 Å². The second kappa shape index (κ2) is 7.62. The Morgan fingerprint density at radius 2 is 2.18 bits per heavy atom. The number of hydrogen-bond acceptors (Lipinski definition) is 8. The number of hydrogen-bond donors (Lipinski definition) is 4. The number of alkyl halides is 1. The second-order valence-electron chi connectivity index (χ2n) is 9.28. The summed E-state index contributed by atoms with van der Waals surface area (Å²) in [5, 5.41) is 11.2. The molecule has 5 N–H and O–H groups in total. The number of nitrogens with zero attached hydrogens (tertiary/aromatic N) is 4. The molecule has 4 rings (SSSR count). The van der Waals surface area contributed by atoms with Crippen LogP contribution >= 0.6 is 10.5 Å². The highest BCUT2D eigenvalue weighted by atomic mass is 32.3. The molecule has 0 spiro atoms. The van der Waals surface area contributed by atoms with Crippen molar-refractivity contribution in [3.8, 4) is 6.07 Å². The van der Waals surface area contributed by atoms with Crippen LogP contribution in [0.15, 0.2) is 34.4 Å². The number of halogens is 1. The Morgan fingerprint density at radius 3 is 2.79 bits per heavy atom. The fraction of sp³-hybridized carbons (Fsp3) is 0.500. The van der Waals surface area contributed by atoms with Gasteiger partial charge in [-0.25, -0.2) is 9.37 Å². The maximum atomic E-state index is 16.4. The first kappa shape index (κ1) is 23.4. The van der Waals surface area contributed by atoms with Gasteiger partial charge in [-0.2, -0.15) is 5.26 Å². The number of amides is 1. The van der Waals surface area contributed by atoms with Gasteiger partial charge >= 0.3 is 0 Å². The highest BCUT2D eigenvalue weighted by Crippen LogP contribution is 2.67. The zero-order valence-electron chi connectivity index (χ0n) is 19.0.